The number of fused-ring (bicyclic) bond motifs is 1. The number of nitrogens with one attached hydrogen (secondary N) is 2. The van der Waals surface area contributed by atoms with Crippen molar-refractivity contribution >= 4 is 34.7 Å². The van der Waals surface area contributed by atoms with Crippen LogP contribution in [0.3, 0.4) is 0 Å². The Kier molecular flexibility index (Phi) is 7.46. The second-order valence-corrected chi connectivity index (χ2v) is 9.04. The molecule has 0 radical (unpaired) electrons. The summed E-state index contributed by atoms with van der Waals surface area (Å²) in [6.07, 6.45) is 7.09. The van der Waals surface area contributed by atoms with E-state index in [1.54, 1.807) is 19.3 Å². The maximum atomic E-state index is 11.3. The predicted molar refractivity (Wildman–Crippen MR) is 132 cm³/mol. The van der Waals surface area contributed by atoms with Crippen molar-refractivity contribution in [2.24, 2.45) is 0 Å². The Hall–Kier alpha value is -3.40. The van der Waals surface area contributed by atoms with Crippen molar-refractivity contribution in [2.45, 2.75) is 44.8 Å². The fourth-order valence-corrected chi connectivity index (χ4v) is 4.03. The first-order chi connectivity index (χ1) is 16.4. The van der Waals surface area contributed by atoms with Crippen LogP contribution < -0.4 is 20.3 Å². The van der Waals surface area contributed by atoms with E-state index in [-0.39, 0.29) is 18.1 Å². The third-order valence-electron chi connectivity index (χ3n) is 5.89. The number of oxazole rings is 1. The Labute approximate surface area is 199 Å². The Morgan fingerprint density at radius 1 is 1.12 bits per heavy atom. The third kappa shape index (κ3) is 6.13. The van der Waals surface area contributed by atoms with Crippen LogP contribution in [0.15, 0.2) is 35.0 Å². The van der Waals surface area contributed by atoms with Crippen LogP contribution in [0.4, 0.5) is 17.8 Å². The number of amides is 1. The lowest BCUT2D eigenvalue weighted by Gasteiger charge is -2.29. The number of para-hydroxylation sites is 1. The van der Waals surface area contributed by atoms with E-state index in [1.165, 1.54) is 0 Å². The molecule has 1 aliphatic rings. The van der Waals surface area contributed by atoms with E-state index < -0.39 is 0 Å². The summed E-state index contributed by atoms with van der Waals surface area (Å²) in [4.78, 5) is 28.8. The first-order valence-electron chi connectivity index (χ1n) is 11.7. The summed E-state index contributed by atoms with van der Waals surface area (Å²) >= 11 is 0. The molecule has 182 valence electrons. The van der Waals surface area contributed by atoms with Gasteiger partial charge in [-0.25, -0.2) is 9.97 Å². The van der Waals surface area contributed by atoms with Gasteiger partial charge in [0.2, 0.25) is 17.7 Å². The van der Waals surface area contributed by atoms with Crippen molar-refractivity contribution in [3.05, 3.63) is 30.6 Å². The molecule has 0 bridgehead atoms. The van der Waals surface area contributed by atoms with Crippen LogP contribution in [0.2, 0.25) is 0 Å². The number of anilines is 3. The summed E-state index contributed by atoms with van der Waals surface area (Å²) in [6.45, 7) is 3.26. The largest absolute Gasteiger partial charge is 0.488 e. The smallest absolute Gasteiger partial charge is 0.298 e. The third-order valence-corrected chi connectivity index (χ3v) is 5.89. The number of rotatable bonds is 9. The van der Waals surface area contributed by atoms with Gasteiger partial charge in [-0.3, -0.25) is 10.1 Å². The van der Waals surface area contributed by atoms with Gasteiger partial charge in [0, 0.05) is 44.7 Å². The summed E-state index contributed by atoms with van der Waals surface area (Å²) < 4.78 is 12.2. The zero-order valence-electron chi connectivity index (χ0n) is 20.2. The highest BCUT2D eigenvalue weighted by Gasteiger charge is 2.23. The predicted octanol–water partition coefficient (Wildman–Crippen LogP) is 3.19. The van der Waals surface area contributed by atoms with Crippen LogP contribution in [0.25, 0.3) is 10.9 Å². The fraction of sp³-hybridized carbons (Fsp3) is 0.500. The molecule has 2 heterocycles. The summed E-state index contributed by atoms with van der Waals surface area (Å²) in [5.41, 5.74) is 0.742. The average Bonchev–Trinajstić information content (AvgIpc) is 3.27. The van der Waals surface area contributed by atoms with E-state index in [9.17, 15) is 4.79 Å². The monoisotopic (exact) mass is 467 g/mol. The van der Waals surface area contributed by atoms with Crippen LogP contribution in [-0.4, -0.2) is 72.1 Å². The number of aromatic nitrogens is 3. The number of likely N-dealkylation sites (N-methyl/N-ethyl adjacent to an activating group) is 2. The van der Waals surface area contributed by atoms with Crippen molar-refractivity contribution in [1.29, 1.82) is 0 Å². The van der Waals surface area contributed by atoms with Crippen molar-refractivity contribution < 1.29 is 13.9 Å². The molecule has 3 aromatic rings. The SMILES string of the molecule is CC(=O)NC1CCC(Oc2cccc3cnc(Nc4cnc(N(C)CCN(C)C)o4)nc23)CC1. The zero-order valence-corrected chi connectivity index (χ0v) is 20.2. The number of carbonyl (C=O) groups excluding carboxylic acids is 1. The molecule has 0 saturated heterocycles. The van der Waals surface area contributed by atoms with Gasteiger partial charge in [-0.15, -0.1) is 0 Å². The molecule has 0 aliphatic heterocycles. The summed E-state index contributed by atoms with van der Waals surface area (Å²) in [5.74, 6) is 1.64. The molecular formula is C24H33N7O3. The Morgan fingerprint density at radius 3 is 2.65 bits per heavy atom. The lowest BCUT2D eigenvalue weighted by molar-refractivity contribution is -0.120. The standard InChI is InChI=1S/C24H33N7O3/c1-16(32)27-18-8-10-19(11-9-18)33-20-7-5-6-17-14-25-23(29-22(17)20)28-21-15-26-24(34-21)31(4)13-12-30(2)3/h5-7,14-15,18-19H,8-13H2,1-4H3,(H,27,32)(H,25,28,29). The highest BCUT2D eigenvalue weighted by molar-refractivity contribution is 5.84. The fourth-order valence-electron chi connectivity index (χ4n) is 4.03. The molecule has 1 fully saturated rings. The number of benzene rings is 1. The van der Waals surface area contributed by atoms with Crippen molar-refractivity contribution in [3.8, 4) is 5.75 Å². The number of carbonyl (C=O) groups is 1. The van der Waals surface area contributed by atoms with Gasteiger partial charge in [0.25, 0.3) is 6.01 Å². The van der Waals surface area contributed by atoms with Crippen LogP contribution >= 0.6 is 0 Å². The molecule has 10 nitrogen and oxygen atoms in total. The molecule has 1 saturated carbocycles. The first kappa shape index (κ1) is 23.7. The minimum atomic E-state index is 0.0224. The van der Waals surface area contributed by atoms with Gasteiger partial charge in [0.15, 0.2) is 0 Å². The second-order valence-electron chi connectivity index (χ2n) is 9.04. The summed E-state index contributed by atoms with van der Waals surface area (Å²) in [5, 5.41) is 7.01. The van der Waals surface area contributed by atoms with Gasteiger partial charge in [-0.05, 0) is 45.8 Å². The topological polar surface area (TPSA) is 109 Å². The highest BCUT2D eigenvalue weighted by Crippen LogP contribution is 2.30. The van der Waals surface area contributed by atoms with Gasteiger partial charge in [-0.1, -0.05) is 12.1 Å². The first-order valence-corrected chi connectivity index (χ1v) is 11.7. The molecule has 0 atom stereocenters. The summed E-state index contributed by atoms with van der Waals surface area (Å²) in [6, 6.07) is 6.61. The van der Waals surface area contributed by atoms with Crippen LogP contribution in [-0.2, 0) is 4.79 Å². The van der Waals surface area contributed by atoms with E-state index >= 15 is 0 Å². The normalized spacial score (nSPS) is 18.1. The molecule has 1 aliphatic carbocycles. The number of nitrogens with zero attached hydrogens (tertiary/aromatic N) is 5. The number of ether oxygens (including phenoxy) is 1. The lowest BCUT2D eigenvalue weighted by Crippen LogP contribution is -2.38. The van der Waals surface area contributed by atoms with Crippen LogP contribution in [0, 0.1) is 0 Å². The number of hydrogen-bond donors (Lipinski definition) is 2. The molecule has 34 heavy (non-hydrogen) atoms. The van der Waals surface area contributed by atoms with Gasteiger partial charge >= 0.3 is 0 Å². The second kappa shape index (κ2) is 10.7. The maximum absolute atomic E-state index is 11.3. The van der Waals surface area contributed by atoms with E-state index in [0.29, 0.717) is 17.8 Å². The maximum Gasteiger partial charge on any atom is 0.298 e. The van der Waals surface area contributed by atoms with Crippen LogP contribution in [0.5, 0.6) is 5.75 Å². The van der Waals surface area contributed by atoms with Gasteiger partial charge in [0.1, 0.15) is 11.3 Å². The minimum Gasteiger partial charge on any atom is -0.488 e. The quantitative estimate of drug-likeness (QED) is 0.490. The molecule has 4 rings (SSSR count). The minimum absolute atomic E-state index is 0.0224. The zero-order chi connectivity index (χ0) is 24.1. The van der Waals surface area contributed by atoms with E-state index in [2.05, 4.69) is 25.5 Å². The Bertz CT molecular complexity index is 1110. The van der Waals surface area contributed by atoms with Crippen LogP contribution in [0.1, 0.15) is 32.6 Å². The number of hydrogen-bond acceptors (Lipinski definition) is 9. The molecule has 2 N–H and O–H groups in total. The molecule has 0 spiro atoms. The molecule has 0 unspecified atom stereocenters. The average molecular weight is 468 g/mol. The molecule has 1 amide bonds. The van der Waals surface area contributed by atoms with Crippen molar-refractivity contribution in [3.63, 3.8) is 0 Å². The Morgan fingerprint density at radius 2 is 1.91 bits per heavy atom. The van der Waals surface area contributed by atoms with Crippen molar-refractivity contribution in [1.82, 2.24) is 25.2 Å². The van der Waals surface area contributed by atoms with Gasteiger partial charge < -0.3 is 24.3 Å². The molecule has 1 aromatic carbocycles. The molecule has 10 heteroatoms. The van der Waals surface area contributed by atoms with E-state index in [4.69, 9.17) is 14.1 Å². The molecule has 2 aromatic heterocycles. The summed E-state index contributed by atoms with van der Waals surface area (Å²) in [7, 11) is 6.00. The highest BCUT2D eigenvalue weighted by atomic mass is 16.5. The molecular weight excluding hydrogens is 434 g/mol. The van der Waals surface area contributed by atoms with Gasteiger partial charge in [-0.2, -0.15) is 4.98 Å². The van der Waals surface area contributed by atoms with Gasteiger partial charge in [0.05, 0.1) is 12.3 Å². The van der Waals surface area contributed by atoms with Crippen molar-refractivity contribution in [2.75, 3.05) is 44.4 Å². The lowest BCUT2D eigenvalue weighted by atomic mass is 9.93. The Balaban J connectivity index is 1.43. The van der Waals surface area contributed by atoms with E-state index in [1.807, 2.05) is 44.2 Å². The van der Waals surface area contributed by atoms with E-state index in [0.717, 1.165) is 55.4 Å².